The maximum atomic E-state index is 12.5. The Labute approximate surface area is 145 Å². The van der Waals surface area contributed by atoms with Gasteiger partial charge in [0.15, 0.2) is 0 Å². The molecule has 1 aromatic heterocycles. The van der Waals surface area contributed by atoms with E-state index in [2.05, 4.69) is 11.9 Å². The summed E-state index contributed by atoms with van der Waals surface area (Å²) in [5.41, 5.74) is -1.05. The maximum absolute atomic E-state index is 12.5. The number of aromatic nitrogens is 2. The van der Waals surface area contributed by atoms with Crippen molar-refractivity contribution >= 4 is 11.8 Å². The molecule has 0 radical (unpaired) electrons. The van der Waals surface area contributed by atoms with Crippen LogP contribution in [0, 0.1) is 5.92 Å². The third kappa shape index (κ3) is 3.67. The lowest BCUT2D eigenvalue weighted by Gasteiger charge is -2.47. The van der Waals surface area contributed by atoms with Crippen LogP contribution in [0.1, 0.15) is 32.6 Å². The molecule has 8 nitrogen and oxygen atoms in total. The summed E-state index contributed by atoms with van der Waals surface area (Å²) in [7, 11) is 0. The van der Waals surface area contributed by atoms with E-state index in [4.69, 9.17) is 0 Å². The summed E-state index contributed by atoms with van der Waals surface area (Å²) in [5, 5.41) is 0. The number of hydrogen-bond donors (Lipinski definition) is 1. The molecule has 1 aromatic rings. The standard InChI is InChI=1S/C17H24N4O4/c1-2-7-21-13-5-8-19(10-12(13)3-4-15(21)23)16(24)11-20-9-6-14(22)18-17(20)25/h6,9,12-13H,2-5,7-8,10-11H2,1H3,(H,18,22,25)/t12-,13+/m0/s1. The highest BCUT2D eigenvalue weighted by Gasteiger charge is 2.39. The van der Waals surface area contributed by atoms with E-state index in [1.54, 1.807) is 4.90 Å². The summed E-state index contributed by atoms with van der Waals surface area (Å²) < 4.78 is 1.21. The van der Waals surface area contributed by atoms with Crippen LogP contribution in [0.3, 0.4) is 0 Å². The number of piperidine rings is 2. The van der Waals surface area contributed by atoms with Crippen molar-refractivity contribution in [3.63, 3.8) is 0 Å². The first-order valence-electron chi connectivity index (χ1n) is 8.86. The fourth-order valence-electron chi connectivity index (χ4n) is 3.92. The van der Waals surface area contributed by atoms with Crippen LogP contribution >= 0.6 is 0 Å². The zero-order valence-corrected chi connectivity index (χ0v) is 14.4. The van der Waals surface area contributed by atoms with Gasteiger partial charge < -0.3 is 9.80 Å². The minimum atomic E-state index is -0.576. The number of aromatic amines is 1. The van der Waals surface area contributed by atoms with E-state index in [0.717, 1.165) is 25.8 Å². The van der Waals surface area contributed by atoms with Gasteiger partial charge in [-0.1, -0.05) is 6.92 Å². The quantitative estimate of drug-likeness (QED) is 0.814. The number of carbonyl (C=O) groups is 2. The average Bonchev–Trinajstić information content (AvgIpc) is 2.59. The average molecular weight is 348 g/mol. The molecule has 2 saturated heterocycles. The van der Waals surface area contributed by atoms with Crippen LogP contribution in [0.5, 0.6) is 0 Å². The molecule has 2 amide bonds. The van der Waals surface area contributed by atoms with Gasteiger partial charge in [0.2, 0.25) is 11.8 Å². The smallest absolute Gasteiger partial charge is 0.328 e. The molecule has 25 heavy (non-hydrogen) atoms. The molecule has 3 rings (SSSR count). The van der Waals surface area contributed by atoms with Gasteiger partial charge >= 0.3 is 5.69 Å². The molecule has 2 aliphatic rings. The molecule has 0 spiro atoms. The van der Waals surface area contributed by atoms with E-state index in [-0.39, 0.29) is 24.4 Å². The summed E-state index contributed by atoms with van der Waals surface area (Å²) in [6.07, 6.45) is 4.41. The van der Waals surface area contributed by atoms with Crippen molar-refractivity contribution in [3.05, 3.63) is 33.1 Å². The van der Waals surface area contributed by atoms with E-state index in [0.29, 0.717) is 25.4 Å². The molecule has 2 aliphatic heterocycles. The van der Waals surface area contributed by atoms with Crippen LogP contribution in [0.2, 0.25) is 0 Å². The number of rotatable bonds is 4. The van der Waals surface area contributed by atoms with Gasteiger partial charge in [0.25, 0.3) is 5.56 Å². The van der Waals surface area contributed by atoms with Crippen LogP contribution in [0.4, 0.5) is 0 Å². The Bertz CT molecular complexity index is 768. The molecular weight excluding hydrogens is 324 g/mol. The number of hydrogen-bond acceptors (Lipinski definition) is 4. The maximum Gasteiger partial charge on any atom is 0.328 e. The van der Waals surface area contributed by atoms with Gasteiger partial charge in [-0.2, -0.15) is 0 Å². The summed E-state index contributed by atoms with van der Waals surface area (Å²) in [5.74, 6) is 0.392. The summed E-state index contributed by atoms with van der Waals surface area (Å²) in [6, 6.07) is 1.46. The molecule has 3 heterocycles. The number of nitrogens with one attached hydrogen (secondary N) is 1. The topological polar surface area (TPSA) is 95.5 Å². The minimum absolute atomic E-state index is 0.0788. The first-order chi connectivity index (χ1) is 12.0. The Morgan fingerprint density at radius 1 is 1.28 bits per heavy atom. The molecule has 2 atom stereocenters. The Hall–Kier alpha value is -2.38. The van der Waals surface area contributed by atoms with Gasteiger partial charge in [0.1, 0.15) is 6.54 Å². The Kier molecular flexibility index (Phi) is 5.06. The third-order valence-corrected chi connectivity index (χ3v) is 5.16. The molecule has 0 unspecified atom stereocenters. The second kappa shape index (κ2) is 7.25. The Balaban J connectivity index is 1.66. The molecule has 2 fully saturated rings. The minimum Gasteiger partial charge on any atom is -0.341 e. The van der Waals surface area contributed by atoms with Crippen molar-refractivity contribution in [1.82, 2.24) is 19.4 Å². The predicted octanol–water partition coefficient (Wildman–Crippen LogP) is -0.214. The van der Waals surface area contributed by atoms with Gasteiger partial charge in [0.05, 0.1) is 0 Å². The summed E-state index contributed by atoms with van der Waals surface area (Å²) in [4.78, 5) is 53.4. The van der Waals surface area contributed by atoms with Crippen molar-refractivity contribution in [2.75, 3.05) is 19.6 Å². The van der Waals surface area contributed by atoms with Gasteiger partial charge in [-0.25, -0.2) is 4.79 Å². The molecule has 136 valence electrons. The van der Waals surface area contributed by atoms with Crippen molar-refractivity contribution < 1.29 is 9.59 Å². The van der Waals surface area contributed by atoms with Crippen LogP contribution in [-0.4, -0.2) is 56.8 Å². The molecule has 0 saturated carbocycles. The van der Waals surface area contributed by atoms with Crippen LogP contribution < -0.4 is 11.2 Å². The molecule has 0 bridgehead atoms. The predicted molar refractivity (Wildman–Crippen MR) is 91.0 cm³/mol. The highest BCUT2D eigenvalue weighted by atomic mass is 16.2. The lowest BCUT2D eigenvalue weighted by molar-refractivity contribution is -0.144. The SMILES string of the molecule is CCCN1C(=O)CC[C@H]2CN(C(=O)Cn3ccc(=O)[nH]c3=O)CC[C@H]21. The Morgan fingerprint density at radius 3 is 2.80 bits per heavy atom. The lowest BCUT2D eigenvalue weighted by atomic mass is 9.83. The normalized spacial score (nSPS) is 23.5. The van der Waals surface area contributed by atoms with Crippen LogP contribution in [0.25, 0.3) is 0 Å². The number of amides is 2. The first-order valence-corrected chi connectivity index (χ1v) is 8.86. The van der Waals surface area contributed by atoms with Crippen LogP contribution in [0.15, 0.2) is 21.9 Å². The number of likely N-dealkylation sites (tertiary alicyclic amines) is 2. The second-order valence-corrected chi connectivity index (χ2v) is 6.82. The van der Waals surface area contributed by atoms with Gasteiger partial charge in [0, 0.05) is 44.4 Å². The highest BCUT2D eigenvalue weighted by Crippen LogP contribution is 2.31. The second-order valence-electron chi connectivity index (χ2n) is 6.82. The van der Waals surface area contributed by atoms with Crippen molar-refractivity contribution in [2.24, 2.45) is 5.92 Å². The Morgan fingerprint density at radius 2 is 2.08 bits per heavy atom. The largest absolute Gasteiger partial charge is 0.341 e. The molecule has 0 aliphatic carbocycles. The zero-order chi connectivity index (χ0) is 18.0. The van der Waals surface area contributed by atoms with E-state index in [1.807, 2.05) is 4.90 Å². The number of H-pyrrole nitrogens is 1. The van der Waals surface area contributed by atoms with E-state index in [9.17, 15) is 19.2 Å². The highest BCUT2D eigenvalue weighted by molar-refractivity contribution is 5.78. The number of carbonyl (C=O) groups excluding carboxylic acids is 2. The van der Waals surface area contributed by atoms with E-state index in [1.165, 1.54) is 16.8 Å². The van der Waals surface area contributed by atoms with Crippen molar-refractivity contribution in [3.8, 4) is 0 Å². The van der Waals surface area contributed by atoms with Gasteiger partial charge in [-0.15, -0.1) is 0 Å². The van der Waals surface area contributed by atoms with E-state index < -0.39 is 11.2 Å². The monoisotopic (exact) mass is 348 g/mol. The molecule has 8 heteroatoms. The van der Waals surface area contributed by atoms with Gasteiger partial charge in [-0.05, 0) is 25.2 Å². The van der Waals surface area contributed by atoms with E-state index >= 15 is 0 Å². The third-order valence-electron chi connectivity index (χ3n) is 5.16. The molecule has 0 aromatic carbocycles. The fraction of sp³-hybridized carbons (Fsp3) is 0.647. The summed E-state index contributed by atoms with van der Waals surface area (Å²) in [6.45, 7) is 3.98. The lowest BCUT2D eigenvalue weighted by Crippen LogP contribution is -2.57. The molecule has 1 N–H and O–H groups in total. The number of nitrogens with zero attached hydrogens (tertiary/aromatic N) is 3. The molecular formula is C17H24N4O4. The zero-order valence-electron chi connectivity index (χ0n) is 14.4. The van der Waals surface area contributed by atoms with Crippen molar-refractivity contribution in [2.45, 2.75) is 45.2 Å². The first kappa shape index (κ1) is 17.4. The number of fused-ring (bicyclic) bond motifs is 1. The fourth-order valence-corrected chi connectivity index (χ4v) is 3.92. The van der Waals surface area contributed by atoms with Crippen LogP contribution in [-0.2, 0) is 16.1 Å². The van der Waals surface area contributed by atoms with Crippen molar-refractivity contribution in [1.29, 1.82) is 0 Å². The summed E-state index contributed by atoms with van der Waals surface area (Å²) >= 11 is 0. The van der Waals surface area contributed by atoms with Gasteiger partial charge in [-0.3, -0.25) is 23.9 Å².